The third-order valence-electron chi connectivity index (χ3n) is 6.53. The number of ether oxygens (including phenoxy) is 1. The molecular formula is C29H33N5O3. The third-order valence-corrected chi connectivity index (χ3v) is 6.53. The zero-order valence-corrected chi connectivity index (χ0v) is 21.6. The van der Waals surface area contributed by atoms with Crippen molar-refractivity contribution in [3.63, 3.8) is 0 Å². The van der Waals surface area contributed by atoms with Gasteiger partial charge < -0.3 is 19.5 Å². The molecule has 1 aliphatic rings. The fourth-order valence-electron chi connectivity index (χ4n) is 4.90. The quantitative estimate of drug-likeness (QED) is 0.398. The molecule has 2 aromatic heterocycles. The molecule has 0 radical (unpaired) electrons. The predicted octanol–water partition coefficient (Wildman–Crippen LogP) is 5.11. The van der Waals surface area contributed by atoms with Gasteiger partial charge in [0.05, 0.1) is 11.6 Å². The van der Waals surface area contributed by atoms with Crippen molar-refractivity contribution >= 4 is 22.9 Å². The van der Waals surface area contributed by atoms with Crippen LogP contribution in [0.4, 0.5) is 10.6 Å². The van der Waals surface area contributed by atoms with E-state index >= 15 is 0 Å². The molecule has 1 aliphatic heterocycles. The number of pyridine rings is 1. The van der Waals surface area contributed by atoms with Gasteiger partial charge in [-0.3, -0.25) is 4.57 Å². The fourth-order valence-corrected chi connectivity index (χ4v) is 4.90. The molecule has 0 saturated carbocycles. The van der Waals surface area contributed by atoms with Gasteiger partial charge in [0, 0.05) is 32.4 Å². The van der Waals surface area contributed by atoms with Gasteiger partial charge in [0.2, 0.25) is 0 Å². The van der Waals surface area contributed by atoms with Crippen molar-refractivity contribution in [3.8, 4) is 0 Å². The highest BCUT2D eigenvalue weighted by atomic mass is 16.6. The van der Waals surface area contributed by atoms with Crippen molar-refractivity contribution in [2.24, 2.45) is 0 Å². The lowest BCUT2D eigenvalue weighted by Gasteiger charge is -2.25. The normalized spacial score (nSPS) is 15.8. The van der Waals surface area contributed by atoms with Crippen LogP contribution in [0.1, 0.15) is 44.4 Å². The van der Waals surface area contributed by atoms with Crippen molar-refractivity contribution in [2.45, 2.75) is 51.9 Å². The second kappa shape index (κ2) is 10.1. The maximum absolute atomic E-state index is 13.2. The molecule has 1 fully saturated rings. The van der Waals surface area contributed by atoms with Gasteiger partial charge in [-0.15, -0.1) is 0 Å². The van der Waals surface area contributed by atoms with Crippen LogP contribution in [0, 0.1) is 0 Å². The predicted molar refractivity (Wildman–Crippen MR) is 145 cm³/mol. The first-order valence-electron chi connectivity index (χ1n) is 12.7. The standard InChI is InChI=1S/C29H33N5O3/c1-29(2,3)37-28(36)32-17-15-23(20-32)34-24-14-16-30-26(25(24)31-27(34)35)33(18-21-10-6-4-7-11-21)19-22-12-8-5-9-13-22/h4-14,16,23H,15,17-20H2,1-3H3,(H,31,35). The Labute approximate surface area is 216 Å². The Bertz CT molecular complexity index is 1380. The van der Waals surface area contributed by atoms with E-state index in [4.69, 9.17) is 9.72 Å². The Morgan fingerprint density at radius 1 is 1.03 bits per heavy atom. The number of imidazole rings is 1. The summed E-state index contributed by atoms with van der Waals surface area (Å²) in [5.74, 6) is 0.725. The number of benzene rings is 2. The second-order valence-corrected chi connectivity index (χ2v) is 10.5. The highest BCUT2D eigenvalue weighted by Gasteiger charge is 2.32. The number of rotatable bonds is 6. The number of hydrogen-bond acceptors (Lipinski definition) is 5. The number of fused-ring (bicyclic) bond motifs is 1. The summed E-state index contributed by atoms with van der Waals surface area (Å²) in [6, 6.07) is 22.2. The summed E-state index contributed by atoms with van der Waals surface area (Å²) in [4.78, 5) is 37.5. The first-order chi connectivity index (χ1) is 17.8. The van der Waals surface area contributed by atoms with E-state index in [0.29, 0.717) is 38.1 Å². The maximum atomic E-state index is 13.2. The third kappa shape index (κ3) is 5.53. The molecule has 4 aromatic rings. The van der Waals surface area contributed by atoms with Gasteiger partial charge in [0.15, 0.2) is 5.82 Å². The van der Waals surface area contributed by atoms with Crippen LogP contribution in [0.3, 0.4) is 0 Å². The Kier molecular flexibility index (Phi) is 6.74. The van der Waals surface area contributed by atoms with E-state index in [0.717, 1.165) is 22.5 Å². The summed E-state index contributed by atoms with van der Waals surface area (Å²) in [5, 5.41) is 0. The van der Waals surface area contributed by atoms with E-state index in [2.05, 4.69) is 34.1 Å². The number of amides is 1. The number of carbonyl (C=O) groups is 1. The molecular weight excluding hydrogens is 466 g/mol. The Balaban J connectivity index is 1.48. The molecule has 1 N–H and O–H groups in total. The Morgan fingerprint density at radius 3 is 2.24 bits per heavy atom. The number of aromatic nitrogens is 3. The Morgan fingerprint density at radius 2 is 1.65 bits per heavy atom. The lowest BCUT2D eigenvalue weighted by atomic mass is 10.1. The minimum absolute atomic E-state index is 0.138. The van der Waals surface area contributed by atoms with E-state index in [1.54, 1.807) is 15.7 Å². The van der Waals surface area contributed by atoms with Crippen LogP contribution >= 0.6 is 0 Å². The average molecular weight is 500 g/mol. The molecule has 192 valence electrons. The number of nitrogens with one attached hydrogen (secondary N) is 1. The van der Waals surface area contributed by atoms with Crippen LogP contribution < -0.4 is 10.6 Å². The van der Waals surface area contributed by atoms with Crippen LogP contribution in [-0.2, 0) is 17.8 Å². The van der Waals surface area contributed by atoms with Crippen molar-refractivity contribution in [1.82, 2.24) is 19.4 Å². The SMILES string of the molecule is CC(C)(C)OC(=O)N1CCC(n2c(=O)[nH]c3c(N(Cc4ccccc4)Cc4ccccc4)nccc32)C1. The van der Waals surface area contributed by atoms with Crippen LogP contribution in [0.15, 0.2) is 77.7 Å². The summed E-state index contributed by atoms with van der Waals surface area (Å²) in [7, 11) is 0. The van der Waals surface area contributed by atoms with E-state index in [9.17, 15) is 9.59 Å². The van der Waals surface area contributed by atoms with Crippen LogP contribution in [-0.4, -0.2) is 44.2 Å². The second-order valence-electron chi connectivity index (χ2n) is 10.5. The molecule has 3 heterocycles. The molecule has 37 heavy (non-hydrogen) atoms. The van der Waals surface area contributed by atoms with Crippen LogP contribution in [0.2, 0.25) is 0 Å². The average Bonchev–Trinajstić information content (AvgIpc) is 3.47. The van der Waals surface area contributed by atoms with Crippen LogP contribution in [0.5, 0.6) is 0 Å². The summed E-state index contributed by atoms with van der Waals surface area (Å²) in [5.41, 5.74) is 3.05. The summed E-state index contributed by atoms with van der Waals surface area (Å²) in [6.07, 6.45) is 2.09. The molecule has 1 saturated heterocycles. The monoisotopic (exact) mass is 499 g/mol. The smallest absolute Gasteiger partial charge is 0.410 e. The van der Waals surface area contributed by atoms with E-state index in [1.165, 1.54) is 0 Å². The summed E-state index contributed by atoms with van der Waals surface area (Å²) >= 11 is 0. The molecule has 1 amide bonds. The lowest BCUT2D eigenvalue weighted by molar-refractivity contribution is 0.0289. The van der Waals surface area contributed by atoms with E-state index in [-0.39, 0.29) is 17.8 Å². The summed E-state index contributed by atoms with van der Waals surface area (Å²) in [6.45, 7) is 7.83. The number of carbonyl (C=O) groups excluding carboxylic acids is 1. The van der Waals surface area contributed by atoms with E-state index in [1.807, 2.05) is 63.2 Å². The lowest BCUT2D eigenvalue weighted by Crippen LogP contribution is -2.36. The van der Waals surface area contributed by atoms with Crippen LogP contribution in [0.25, 0.3) is 11.0 Å². The highest BCUT2D eigenvalue weighted by Crippen LogP contribution is 2.30. The van der Waals surface area contributed by atoms with Crippen molar-refractivity contribution in [2.75, 3.05) is 18.0 Å². The number of nitrogens with zero attached hydrogens (tertiary/aromatic N) is 4. The first kappa shape index (κ1) is 24.6. The molecule has 0 bridgehead atoms. The van der Waals surface area contributed by atoms with Gasteiger partial charge in [0.25, 0.3) is 0 Å². The van der Waals surface area contributed by atoms with Crippen molar-refractivity contribution < 1.29 is 9.53 Å². The zero-order valence-electron chi connectivity index (χ0n) is 21.6. The molecule has 5 rings (SSSR count). The van der Waals surface area contributed by atoms with Crippen molar-refractivity contribution in [3.05, 3.63) is 94.5 Å². The molecule has 0 aliphatic carbocycles. The molecule has 8 nitrogen and oxygen atoms in total. The van der Waals surface area contributed by atoms with Gasteiger partial charge in [-0.25, -0.2) is 14.6 Å². The molecule has 0 spiro atoms. The zero-order chi connectivity index (χ0) is 26.0. The molecule has 1 atom stereocenters. The molecule has 2 aromatic carbocycles. The molecule has 8 heteroatoms. The first-order valence-corrected chi connectivity index (χ1v) is 12.7. The number of H-pyrrole nitrogens is 1. The maximum Gasteiger partial charge on any atom is 0.410 e. The minimum atomic E-state index is -0.561. The fraction of sp³-hybridized carbons (Fsp3) is 0.345. The van der Waals surface area contributed by atoms with Crippen molar-refractivity contribution in [1.29, 1.82) is 0 Å². The number of anilines is 1. The minimum Gasteiger partial charge on any atom is -0.444 e. The van der Waals surface area contributed by atoms with Gasteiger partial charge in [-0.2, -0.15) is 0 Å². The van der Waals surface area contributed by atoms with Gasteiger partial charge in [0.1, 0.15) is 11.1 Å². The Hall–Kier alpha value is -4.07. The highest BCUT2D eigenvalue weighted by molar-refractivity contribution is 5.86. The number of likely N-dealkylation sites (tertiary alicyclic amines) is 1. The molecule has 1 unspecified atom stereocenters. The number of aromatic amines is 1. The largest absolute Gasteiger partial charge is 0.444 e. The van der Waals surface area contributed by atoms with Gasteiger partial charge in [-0.1, -0.05) is 60.7 Å². The summed E-state index contributed by atoms with van der Waals surface area (Å²) < 4.78 is 7.32. The van der Waals surface area contributed by atoms with Gasteiger partial charge in [-0.05, 0) is 44.4 Å². The number of hydrogen-bond donors (Lipinski definition) is 1. The van der Waals surface area contributed by atoms with E-state index < -0.39 is 5.60 Å². The van der Waals surface area contributed by atoms with Gasteiger partial charge >= 0.3 is 11.8 Å². The topological polar surface area (TPSA) is 83.5 Å².